The molecule has 2 atom stereocenters. The van der Waals surface area contributed by atoms with E-state index in [1.54, 1.807) is 0 Å². The second-order valence-corrected chi connectivity index (χ2v) is 6.83. The van der Waals surface area contributed by atoms with Crippen LogP contribution in [0.2, 0.25) is 0 Å². The molecule has 1 fully saturated rings. The van der Waals surface area contributed by atoms with Gasteiger partial charge in [0.2, 0.25) is 0 Å². The van der Waals surface area contributed by atoms with E-state index in [9.17, 15) is 0 Å². The fourth-order valence-corrected chi connectivity index (χ4v) is 4.23. The van der Waals surface area contributed by atoms with Crippen molar-refractivity contribution in [3.05, 3.63) is 59.7 Å². The molecule has 0 saturated carbocycles. The summed E-state index contributed by atoms with van der Waals surface area (Å²) in [5, 5.41) is 0. The Morgan fingerprint density at radius 1 is 1.00 bits per heavy atom. The van der Waals surface area contributed by atoms with Crippen molar-refractivity contribution < 1.29 is 0 Å². The van der Waals surface area contributed by atoms with Crippen LogP contribution in [0.4, 0.5) is 0 Å². The molecule has 22 heavy (non-hydrogen) atoms. The monoisotopic (exact) mass is 292 g/mol. The molecule has 1 aliphatic carbocycles. The molecule has 2 heteroatoms. The molecule has 0 aromatic heterocycles. The minimum absolute atomic E-state index is 0.287. The van der Waals surface area contributed by atoms with E-state index in [4.69, 9.17) is 5.73 Å². The Bertz CT molecular complexity index is 631. The highest BCUT2D eigenvalue weighted by atomic mass is 15.2. The molecule has 0 radical (unpaired) electrons. The first kappa shape index (κ1) is 14.0. The molecule has 2 unspecified atom stereocenters. The lowest BCUT2D eigenvalue weighted by molar-refractivity contribution is 0.132. The van der Waals surface area contributed by atoms with Crippen LogP contribution < -0.4 is 5.73 Å². The quantitative estimate of drug-likeness (QED) is 0.912. The van der Waals surface area contributed by atoms with Gasteiger partial charge in [0.25, 0.3) is 0 Å². The molecule has 0 bridgehead atoms. The summed E-state index contributed by atoms with van der Waals surface area (Å²) >= 11 is 0. The summed E-state index contributed by atoms with van der Waals surface area (Å²) in [7, 11) is 0. The van der Waals surface area contributed by atoms with Crippen LogP contribution >= 0.6 is 0 Å². The molecule has 1 saturated heterocycles. The summed E-state index contributed by atoms with van der Waals surface area (Å²) in [4.78, 5) is 2.65. The second kappa shape index (κ2) is 5.53. The van der Waals surface area contributed by atoms with Crippen LogP contribution in [0.3, 0.4) is 0 Å². The van der Waals surface area contributed by atoms with Crippen LogP contribution in [0.5, 0.6) is 0 Å². The fourth-order valence-electron chi connectivity index (χ4n) is 4.23. The van der Waals surface area contributed by atoms with Gasteiger partial charge in [-0.1, -0.05) is 48.5 Å². The minimum atomic E-state index is 0.287. The van der Waals surface area contributed by atoms with Crippen LogP contribution in [0.15, 0.2) is 48.5 Å². The standard InChI is InChI=1S/C20H24N2/c1-14(21)15-7-6-12-22(13-15)20-18-10-4-2-8-16(18)17-9-3-5-11-19(17)20/h2-5,8-11,14-15,20H,6-7,12-13,21H2,1H3. The van der Waals surface area contributed by atoms with Crippen molar-refractivity contribution >= 4 is 0 Å². The Hall–Kier alpha value is -1.64. The normalized spacial score (nSPS) is 23.1. The number of rotatable bonds is 2. The van der Waals surface area contributed by atoms with E-state index in [-0.39, 0.29) is 6.04 Å². The Labute approximate surface area is 132 Å². The molecule has 1 aliphatic heterocycles. The molecule has 2 aromatic rings. The van der Waals surface area contributed by atoms with Crippen molar-refractivity contribution in [3.63, 3.8) is 0 Å². The Balaban J connectivity index is 1.75. The van der Waals surface area contributed by atoms with Gasteiger partial charge < -0.3 is 5.73 Å². The van der Waals surface area contributed by atoms with Gasteiger partial charge in [-0.2, -0.15) is 0 Å². The van der Waals surface area contributed by atoms with E-state index < -0.39 is 0 Å². The van der Waals surface area contributed by atoms with Crippen LogP contribution in [0.25, 0.3) is 11.1 Å². The average Bonchev–Trinajstić information content (AvgIpc) is 2.89. The number of fused-ring (bicyclic) bond motifs is 3. The minimum Gasteiger partial charge on any atom is -0.328 e. The summed E-state index contributed by atoms with van der Waals surface area (Å²) in [5.41, 5.74) is 11.9. The predicted molar refractivity (Wildman–Crippen MR) is 91.7 cm³/mol. The molecule has 2 nitrogen and oxygen atoms in total. The van der Waals surface area contributed by atoms with Gasteiger partial charge in [0.1, 0.15) is 0 Å². The predicted octanol–water partition coefficient (Wildman–Crippen LogP) is 3.82. The third-order valence-corrected chi connectivity index (χ3v) is 5.40. The number of nitrogens with two attached hydrogens (primary N) is 1. The molecule has 2 aromatic carbocycles. The highest BCUT2D eigenvalue weighted by molar-refractivity contribution is 5.78. The molecule has 0 spiro atoms. The summed E-state index contributed by atoms with van der Waals surface area (Å²) in [6.45, 7) is 4.45. The summed E-state index contributed by atoms with van der Waals surface area (Å²) in [6.07, 6.45) is 2.53. The van der Waals surface area contributed by atoms with Gasteiger partial charge in [-0.15, -0.1) is 0 Å². The van der Waals surface area contributed by atoms with Crippen molar-refractivity contribution in [1.29, 1.82) is 0 Å². The van der Waals surface area contributed by atoms with Crippen molar-refractivity contribution in [1.82, 2.24) is 4.90 Å². The Morgan fingerprint density at radius 3 is 2.18 bits per heavy atom. The number of nitrogens with zero attached hydrogens (tertiary/aromatic N) is 1. The summed E-state index contributed by atoms with van der Waals surface area (Å²) < 4.78 is 0. The first-order valence-corrected chi connectivity index (χ1v) is 8.43. The van der Waals surface area contributed by atoms with Crippen molar-refractivity contribution in [2.45, 2.75) is 31.8 Å². The summed E-state index contributed by atoms with van der Waals surface area (Å²) in [6, 6.07) is 18.5. The van der Waals surface area contributed by atoms with Gasteiger partial charge in [0, 0.05) is 12.6 Å². The largest absolute Gasteiger partial charge is 0.328 e. The zero-order chi connectivity index (χ0) is 15.1. The van der Waals surface area contributed by atoms with Crippen LogP contribution in [0.1, 0.15) is 36.9 Å². The van der Waals surface area contributed by atoms with Crippen molar-refractivity contribution in [2.24, 2.45) is 11.7 Å². The first-order valence-electron chi connectivity index (χ1n) is 8.43. The molecular formula is C20H24N2. The van der Waals surface area contributed by atoms with Crippen LogP contribution in [0, 0.1) is 5.92 Å². The highest BCUT2D eigenvalue weighted by Crippen LogP contribution is 2.47. The molecule has 2 aliphatic rings. The van der Waals surface area contributed by atoms with Crippen LogP contribution in [-0.4, -0.2) is 24.0 Å². The second-order valence-electron chi connectivity index (χ2n) is 6.83. The fraction of sp³-hybridized carbons (Fsp3) is 0.400. The lowest BCUT2D eigenvalue weighted by atomic mass is 9.90. The van der Waals surface area contributed by atoms with Crippen LogP contribution in [-0.2, 0) is 0 Å². The molecular weight excluding hydrogens is 268 g/mol. The average molecular weight is 292 g/mol. The molecule has 0 amide bonds. The van der Waals surface area contributed by atoms with Crippen molar-refractivity contribution in [3.8, 4) is 11.1 Å². The lowest BCUT2D eigenvalue weighted by Gasteiger charge is -2.39. The zero-order valence-corrected chi connectivity index (χ0v) is 13.2. The maximum Gasteiger partial charge on any atom is 0.0614 e. The van der Waals surface area contributed by atoms with Gasteiger partial charge in [-0.3, -0.25) is 4.90 Å². The maximum atomic E-state index is 6.19. The van der Waals surface area contributed by atoms with Gasteiger partial charge in [-0.25, -0.2) is 0 Å². The number of benzene rings is 2. The van der Waals surface area contributed by atoms with E-state index >= 15 is 0 Å². The van der Waals surface area contributed by atoms with E-state index in [1.165, 1.54) is 41.6 Å². The third kappa shape index (κ3) is 2.18. The zero-order valence-electron chi connectivity index (χ0n) is 13.2. The molecule has 2 N–H and O–H groups in total. The molecule has 114 valence electrons. The number of hydrogen-bond acceptors (Lipinski definition) is 2. The van der Waals surface area contributed by atoms with Gasteiger partial charge in [-0.05, 0) is 54.5 Å². The van der Waals surface area contributed by atoms with Gasteiger partial charge >= 0.3 is 0 Å². The number of hydrogen-bond donors (Lipinski definition) is 1. The first-order chi connectivity index (χ1) is 10.8. The van der Waals surface area contributed by atoms with E-state index in [0.29, 0.717) is 12.0 Å². The van der Waals surface area contributed by atoms with Gasteiger partial charge in [0.15, 0.2) is 0 Å². The lowest BCUT2D eigenvalue weighted by Crippen LogP contribution is -2.43. The Morgan fingerprint density at radius 2 is 1.59 bits per heavy atom. The number of likely N-dealkylation sites (tertiary alicyclic amines) is 1. The Kier molecular flexibility index (Phi) is 3.51. The van der Waals surface area contributed by atoms with E-state index in [1.807, 2.05) is 0 Å². The molecule has 1 heterocycles. The van der Waals surface area contributed by atoms with E-state index in [2.05, 4.69) is 60.4 Å². The molecule has 4 rings (SSSR count). The maximum absolute atomic E-state index is 6.19. The third-order valence-electron chi connectivity index (χ3n) is 5.40. The summed E-state index contributed by atoms with van der Waals surface area (Å²) in [5.74, 6) is 0.619. The van der Waals surface area contributed by atoms with Gasteiger partial charge in [0.05, 0.1) is 6.04 Å². The smallest absolute Gasteiger partial charge is 0.0614 e. The number of piperidine rings is 1. The SMILES string of the molecule is CC(N)C1CCCN(C2c3ccccc3-c3ccccc32)C1. The van der Waals surface area contributed by atoms with E-state index in [0.717, 1.165) is 6.54 Å². The van der Waals surface area contributed by atoms with Crippen molar-refractivity contribution in [2.75, 3.05) is 13.1 Å². The topological polar surface area (TPSA) is 29.3 Å². The highest BCUT2D eigenvalue weighted by Gasteiger charge is 2.35.